The predicted octanol–water partition coefficient (Wildman–Crippen LogP) is 4.58. The summed E-state index contributed by atoms with van der Waals surface area (Å²) in [5.74, 6) is -1.37. The molecule has 192 valence electrons. The lowest BCUT2D eigenvalue weighted by Crippen LogP contribution is -2.70. The van der Waals surface area contributed by atoms with Gasteiger partial charge in [0.05, 0.1) is 6.10 Å². The summed E-state index contributed by atoms with van der Waals surface area (Å²) in [6, 6.07) is 0. The second-order valence-electron chi connectivity index (χ2n) is 12.2. The van der Waals surface area contributed by atoms with Crippen LogP contribution in [0.5, 0.6) is 0 Å². The summed E-state index contributed by atoms with van der Waals surface area (Å²) >= 11 is 0. The van der Waals surface area contributed by atoms with E-state index >= 15 is 4.39 Å². The highest BCUT2D eigenvalue weighted by atomic mass is 19.1. The maximum atomic E-state index is 17.3. The molecule has 4 aliphatic rings. The molecule has 0 bridgehead atoms. The summed E-state index contributed by atoms with van der Waals surface area (Å²) in [7, 11) is 0. The van der Waals surface area contributed by atoms with Crippen LogP contribution < -0.4 is 0 Å². The summed E-state index contributed by atoms with van der Waals surface area (Å²) in [5, 5.41) is 23.4. The SMILES string of the molecule is CCCCCOCC(=O)[C@@]1(O)C(C)C[C@H]2[C@@H]3CC(C)C4=CC(=O)CC[C@]4(C)[C@@]3(F)C(O)C[C@@]21C. The molecule has 0 heterocycles. The number of aliphatic hydroxyl groups is 2. The minimum atomic E-state index is -1.89. The van der Waals surface area contributed by atoms with Crippen LogP contribution in [0, 0.1) is 34.5 Å². The lowest BCUT2D eigenvalue weighted by molar-refractivity contribution is -0.232. The summed E-state index contributed by atoms with van der Waals surface area (Å²) in [5.41, 5.74) is -4.57. The molecule has 6 heteroatoms. The Morgan fingerprint density at radius 1 is 1.21 bits per heavy atom. The maximum Gasteiger partial charge on any atom is 0.190 e. The third kappa shape index (κ3) is 3.34. The number of unbranched alkanes of at least 4 members (excludes halogenated alkanes) is 2. The Hall–Kier alpha value is -1.11. The molecule has 2 N–H and O–H groups in total. The Kier molecular flexibility index (Phi) is 6.70. The Balaban J connectivity index is 1.67. The Morgan fingerprint density at radius 2 is 1.91 bits per heavy atom. The number of hydrogen-bond donors (Lipinski definition) is 2. The van der Waals surface area contributed by atoms with E-state index in [4.69, 9.17) is 4.74 Å². The first-order valence-electron chi connectivity index (χ1n) is 13.3. The normalized spacial score (nSPS) is 48.1. The van der Waals surface area contributed by atoms with Gasteiger partial charge in [-0.3, -0.25) is 9.59 Å². The number of halogens is 1. The fourth-order valence-electron chi connectivity index (χ4n) is 8.63. The molecule has 3 unspecified atom stereocenters. The van der Waals surface area contributed by atoms with Crippen molar-refractivity contribution in [2.45, 2.75) is 103 Å². The number of carbonyl (C=O) groups excluding carboxylic acids is 2. The van der Waals surface area contributed by atoms with Crippen molar-refractivity contribution in [3.05, 3.63) is 11.6 Å². The fraction of sp³-hybridized carbons (Fsp3) is 0.857. The minimum absolute atomic E-state index is 0.0132. The van der Waals surface area contributed by atoms with Crippen LogP contribution in [0.2, 0.25) is 0 Å². The van der Waals surface area contributed by atoms with Gasteiger partial charge in [-0.15, -0.1) is 0 Å². The fourth-order valence-corrected chi connectivity index (χ4v) is 8.63. The van der Waals surface area contributed by atoms with Crippen molar-refractivity contribution < 1.29 is 28.9 Å². The number of hydrogen-bond acceptors (Lipinski definition) is 5. The summed E-state index contributed by atoms with van der Waals surface area (Å²) < 4.78 is 23.0. The quantitative estimate of drug-likeness (QED) is 0.523. The van der Waals surface area contributed by atoms with E-state index in [1.165, 1.54) is 0 Å². The van der Waals surface area contributed by atoms with E-state index in [-0.39, 0.29) is 48.8 Å². The first-order valence-corrected chi connectivity index (χ1v) is 13.3. The van der Waals surface area contributed by atoms with Crippen molar-refractivity contribution in [2.24, 2.45) is 34.5 Å². The average molecular weight is 479 g/mol. The largest absolute Gasteiger partial charge is 0.390 e. The molecule has 0 amide bonds. The Bertz CT molecular complexity index is 871. The van der Waals surface area contributed by atoms with Crippen molar-refractivity contribution in [3.8, 4) is 0 Å². The molecule has 0 saturated heterocycles. The van der Waals surface area contributed by atoms with E-state index in [1.807, 2.05) is 27.7 Å². The van der Waals surface area contributed by atoms with Gasteiger partial charge in [-0.1, -0.05) is 53.0 Å². The van der Waals surface area contributed by atoms with Crippen LogP contribution in [-0.2, 0) is 14.3 Å². The molecule has 0 aromatic heterocycles. The summed E-state index contributed by atoms with van der Waals surface area (Å²) in [6.45, 7) is 10.1. The van der Waals surface area contributed by atoms with Gasteiger partial charge < -0.3 is 14.9 Å². The van der Waals surface area contributed by atoms with Gasteiger partial charge in [-0.2, -0.15) is 0 Å². The molecule has 3 saturated carbocycles. The van der Waals surface area contributed by atoms with Crippen LogP contribution >= 0.6 is 0 Å². The summed E-state index contributed by atoms with van der Waals surface area (Å²) in [6.07, 6.45) is 5.02. The van der Waals surface area contributed by atoms with Gasteiger partial charge in [-0.25, -0.2) is 4.39 Å². The van der Waals surface area contributed by atoms with Gasteiger partial charge in [-0.05, 0) is 55.9 Å². The molecule has 0 radical (unpaired) electrons. The van der Waals surface area contributed by atoms with Crippen molar-refractivity contribution in [1.82, 2.24) is 0 Å². The number of alkyl halides is 1. The first kappa shape index (κ1) is 26.0. The van der Waals surface area contributed by atoms with Crippen LogP contribution in [0.3, 0.4) is 0 Å². The Morgan fingerprint density at radius 3 is 2.59 bits per heavy atom. The molecule has 5 nitrogen and oxygen atoms in total. The number of fused-ring (bicyclic) bond motifs is 5. The molecular weight excluding hydrogens is 435 g/mol. The molecule has 0 aromatic rings. The highest BCUT2D eigenvalue weighted by Crippen LogP contribution is 2.71. The maximum absolute atomic E-state index is 17.3. The molecule has 0 aliphatic heterocycles. The second kappa shape index (κ2) is 8.77. The van der Waals surface area contributed by atoms with Gasteiger partial charge in [0.1, 0.15) is 17.9 Å². The second-order valence-corrected chi connectivity index (χ2v) is 12.2. The number of ketones is 2. The third-order valence-electron chi connectivity index (χ3n) is 10.5. The van der Waals surface area contributed by atoms with Crippen LogP contribution in [0.15, 0.2) is 11.6 Å². The van der Waals surface area contributed by atoms with E-state index < -0.39 is 34.1 Å². The van der Waals surface area contributed by atoms with Gasteiger partial charge in [0, 0.05) is 29.8 Å². The predicted molar refractivity (Wildman–Crippen MR) is 128 cm³/mol. The topological polar surface area (TPSA) is 83.8 Å². The zero-order valence-electron chi connectivity index (χ0n) is 21.5. The van der Waals surface area contributed by atoms with Gasteiger partial charge in [0.2, 0.25) is 0 Å². The average Bonchev–Trinajstić information content (AvgIpc) is 2.98. The van der Waals surface area contributed by atoms with E-state index in [9.17, 15) is 19.8 Å². The lowest BCUT2D eigenvalue weighted by Gasteiger charge is -2.64. The summed E-state index contributed by atoms with van der Waals surface area (Å²) in [4.78, 5) is 25.6. The van der Waals surface area contributed by atoms with Gasteiger partial charge >= 0.3 is 0 Å². The highest BCUT2D eigenvalue weighted by Gasteiger charge is 2.76. The van der Waals surface area contributed by atoms with Crippen molar-refractivity contribution >= 4 is 11.6 Å². The molecule has 3 fully saturated rings. The monoisotopic (exact) mass is 478 g/mol. The van der Waals surface area contributed by atoms with E-state index in [0.29, 0.717) is 25.9 Å². The molecule has 34 heavy (non-hydrogen) atoms. The van der Waals surface area contributed by atoms with Crippen LogP contribution in [0.1, 0.15) is 86.0 Å². The Labute approximate surface area is 203 Å². The smallest absolute Gasteiger partial charge is 0.190 e. The van der Waals surface area contributed by atoms with E-state index in [0.717, 1.165) is 24.8 Å². The molecule has 4 aliphatic carbocycles. The first-order chi connectivity index (χ1) is 15.9. The third-order valence-corrected chi connectivity index (χ3v) is 10.5. The number of ether oxygens (including phenoxy) is 1. The van der Waals surface area contributed by atoms with Crippen molar-refractivity contribution in [3.63, 3.8) is 0 Å². The van der Waals surface area contributed by atoms with Crippen LogP contribution in [0.4, 0.5) is 4.39 Å². The minimum Gasteiger partial charge on any atom is -0.390 e. The van der Waals surface area contributed by atoms with Crippen molar-refractivity contribution in [1.29, 1.82) is 0 Å². The molecular formula is C28H43FO5. The number of aliphatic hydroxyl groups excluding tert-OH is 1. The van der Waals surface area contributed by atoms with Crippen LogP contribution in [0.25, 0.3) is 0 Å². The number of rotatable bonds is 7. The molecule has 9 atom stereocenters. The highest BCUT2D eigenvalue weighted by molar-refractivity contribution is 5.92. The number of Topliss-reactive ketones (excluding diaryl/α,β-unsaturated/α-hetero) is 1. The lowest BCUT2D eigenvalue weighted by atomic mass is 9.42. The number of carbonyl (C=O) groups is 2. The van der Waals surface area contributed by atoms with Crippen molar-refractivity contribution in [2.75, 3.05) is 13.2 Å². The standard InChI is InChI=1S/C28H43FO5/c1-6-7-8-11-34-16-24(32)28(33)18(3)13-21-22-12-17(2)20-14-19(30)9-10-25(20,4)27(22,29)23(31)15-26(21,28)5/h14,17-18,21-23,31,33H,6-13,15-16H2,1-5H3/t17?,18?,21-,22-,23?,25-,26-,27-,28-/m0/s1. The number of allylic oxidation sites excluding steroid dienone is 1. The zero-order chi connectivity index (χ0) is 25.1. The van der Waals surface area contributed by atoms with Gasteiger partial charge in [0.25, 0.3) is 0 Å². The zero-order valence-corrected chi connectivity index (χ0v) is 21.5. The van der Waals surface area contributed by atoms with Gasteiger partial charge in [0.15, 0.2) is 11.6 Å². The molecule has 0 spiro atoms. The molecule has 0 aromatic carbocycles. The van der Waals surface area contributed by atoms with E-state index in [2.05, 4.69) is 6.92 Å². The molecule has 4 rings (SSSR count). The van der Waals surface area contributed by atoms with Crippen LogP contribution in [-0.4, -0.2) is 52.4 Å². The van der Waals surface area contributed by atoms with E-state index in [1.54, 1.807) is 6.08 Å².